The Morgan fingerprint density at radius 1 is 1.57 bits per heavy atom. The highest BCUT2D eigenvalue weighted by Gasteiger charge is 2.23. The van der Waals surface area contributed by atoms with Crippen LogP contribution in [-0.2, 0) is 6.54 Å². The Kier molecular flexibility index (Phi) is 5.37. The van der Waals surface area contributed by atoms with E-state index in [-0.39, 0.29) is 24.0 Å². The molecule has 2 aromatic heterocycles. The molecule has 0 saturated carbocycles. The van der Waals surface area contributed by atoms with Crippen LogP contribution >= 0.6 is 23.7 Å². The molecule has 1 aliphatic heterocycles. The van der Waals surface area contributed by atoms with Gasteiger partial charge in [-0.25, -0.2) is 4.98 Å². The molecule has 2 aromatic rings. The molecule has 1 aliphatic rings. The predicted molar refractivity (Wildman–Crippen MR) is 88.2 cm³/mol. The molecule has 2 unspecified atom stereocenters. The molecule has 0 amide bonds. The van der Waals surface area contributed by atoms with E-state index in [1.807, 2.05) is 5.38 Å². The number of fused-ring (bicyclic) bond motifs is 1. The van der Waals surface area contributed by atoms with Crippen LogP contribution in [0.5, 0.6) is 0 Å². The summed E-state index contributed by atoms with van der Waals surface area (Å²) in [7, 11) is 0. The first kappa shape index (κ1) is 16.4. The van der Waals surface area contributed by atoms with Crippen LogP contribution in [0.2, 0.25) is 0 Å². The molecule has 2 N–H and O–H groups in total. The number of rotatable bonds is 3. The van der Waals surface area contributed by atoms with Crippen molar-refractivity contribution < 1.29 is 0 Å². The van der Waals surface area contributed by atoms with E-state index >= 15 is 0 Å². The lowest BCUT2D eigenvalue weighted by Gasteiger charge is -2.34. The number of likely N-dealkylation sites (tertiary alicyclic amines) is 1. The molecule has 116 valence electrons. The van der Waals surface area contributed by atoms with E-state index < -0.39 is 0 Å². The van der Waals surface area contributed by atoms with Gasteiger partial charge in [0.25, 0.3) is 5.56 Å². The van der Waals surface area contributed by atoms with Gasteiger partial charge in [-0.15, -0.1) is 23.7 Å². The van der Waals surface area contributed by atoms with E-state index in [1.54, 1.807) is 16.7 Å². The minimum absolute atomic E-state index is 0. The lowest BCUT2D eigenvalue weighted by Crippen LogP contribution is -2.42. The van der Waals surface area contributed by atoms with Crippen LogP contribution in [0.15, 0.2) is 22.4 Å². The van der Waals surface area contributed by atoms with Gasteiger partial charge in [-0.3, -0.25) is 14.1 Å². The summed E-state index contributed by atoms with van der Waals surface area (Å²) in [6, 6.07) is 1.88. The van der Waals surface area contributed by atoms with Crippen LogP contribution in [0.4, 0.5) is 0 Å². The van der Waals surface area contributed by atoms with Crippen LogP contribution in [0.1, 0.15) is 25.5 Å². The van der Waals surface area contributed by atoms with Gasteiger partial charge in [-0.1, -0.05) is 0 Å². The fraction of sp³-hybridized carbons (Fsp3) is 0.571. The van der Waals surface area contributed by atoms with Crippen molar-refractivity contribution in [2.75, 3.05) is 13.1 Å². The van der Waals surface area contributed by atoms with E-state index in [2.05, 4.69) is 16.8 Å². The van der Waals surface area contributed by atoms with E-state index in [0.717, 1.165) is 30.3 Å². The third-order valence-electron chi connectivity index (χ3n) is 4.03. The molecule has 0 aromatic carbocycles. The monoisotopic (exact) mass is 328 g/mol. The Bertz CT molecular complexity index is 654. The number of halogens is 1. The molecule has 3 heterocycles. The Labute approximate surface area is 134 Å². The van der Waals surface area contributed by atoms with Gasteiger partial charge in [0.15, 0.2) is 4.96 Å². The summed E-state index contributed by atoms with van der Waals surface area (Å²) in [5.74, 6) is 0.551. The minimum atomic E-state index is 0. The minimum Gasteiger partial charge on any atom is -0.328 e. The maximum Gasteiger partial charge on any atom is 0.258 e. The first-order valence-corrected chi connectivity index (χ1v) is 7.95. The molecule has 5 nitrogen and oxygen atoms in total. The Morgan fingerprint density at radius 3 is 3.14 bits per heavy atom. The third-order valence-corrected chi connectivity index (χ3v) is 4.78. The highest BCUT2D eigenvalue weighted by atomic mass is 35.5. The molecule has 0 aliphatic carbocycles. The van der Waals surface area contributed by atoms with Gasteiger partial charge in [-0.05, 0) is 32.2 Å². The summed E-state index contributed by atoms with van der Waals surface area (Å²) in [4.78, 5) is 19.7. The number of hydrogen-bond acceptors (Lipinski definition) is 5. The molecule has 2 atom stereocenters. The summed E-state index contributed by atoms with van der Waals surface area (Å²) >= 11 is 1.50. The molecular formula is C14H21ClN4OS. The lowest BCUT2D eigenvalue weighted by atomic mass is 9.92. The second kappa shape index (κ2) is 6.87. The van der Waals surface area contributed by atoms with Gasteiger partial charge in [0.05, 0.1) is 5.69 Å². The average Bonchev–Trinajstić information content (AvgIpc) is 2.88. The van der Waals surface area contributed by atoms with Crippen LogP contribution < -0.4 is 11.3 Å². The number of nitrogens with zero attached hydrogens (tertiary/aromatic N) is 3. The molecule has 7 heteroatoms. The smallest absolute Gasteiger partial charge is 0.258 e. The maximum atomic E-state index is 12.0. The van der Waals surface area contributed by atoms with Gasteiger partial charge in [0, 0.05) is 36.8 Å². The second-order valence-corrected chi connectivity index (χ2v) is 6.51. The molecule has 21 heavy (non-hydrogen) atoms. The van der Waals surface area contributed by atoms with Crippen molar-refractivity contribution in [2.45, 2.75) is 32.4 Å². The highest BCUT2D eigenvalue weighted by molar-refractivity contribution is 7.15. The standard InChI is InChI=1S/C14H20N4OS.ClH/c1-10(15)11-3-2-4-17(8-11)9-12-7-13(19)18-5-6-20-14(18)16-12;/h5-7,10-11H,2-4,8-9,15H2,1H3;1H. The summed E-state index contributed by atoms with van der Waals surface area (Å²) in [6.07, 6.45) is 4.15. The number of aromatic nitrogens is 2. The van der Waals surface area contributed by atoms with Gasteiger partial charge >= 0.3 is 0 Å². The molecule has 0 spiro atoms. The van der Waals surface area contributed by atoms with Crippen molar-refractivity contribution in [3.63, 3.8) is 0 Å². The number of thiazole rings is 1. The number of nitrogens with two attached hydrogens (primary N) is 1. The highest BCUT2D eigenvalue weighted by Crippen LogP contribution is 2.20. The molecule has 0 radical (unpaired) electrons. The molecule has 0 bridgehead atoms. The van der Waals surface area contributed by atoms with E-state index in [1.165, 1.54) is 24.2 Å². The Hall–Kier alpha value is -0.950. The number of piperidine rings is 1. The third kappa shape index (κ3) is 3.63. The topological polar surface area (TPSA) is 63.6 Å². The molecular weight excluding hydrogens is 308 g/mol. The van der Waals surface area contributed by atoms with Crippen LogP contribution in [0, 0.1) is 5.92 Å². The zero-order valence-electron chi connectivity index (χ0n) is 12.1. The van der Waals surface area contributed by atoms with Gasteiger partial charge in [0.2, 0.25) is 0 Å². The Morgan fingerprint density at radius 2 is 2.38 bits per heavy atom. The lowest BCUT2D eigenvalue weighted by molar-refractivity contribution is 0.153. The van der Waals surface area contributed by atoms with Crippen LogP contribution in [0.3, 0.4) is 0 Å². The Balaban J connectivity index is 0.00000161. The van der Waals surface area contributed by atoms with Crippen molar-refractivity contribution in [3.8, 4) is 0 Å². The zero-order chi connectivity index (χ0) is 14.1. The van der Waals surface area contributed by atoms with Crippen molar-refractivity contribution in [1.29, 1.82) is 0 Å². The van der Waals surface area contributed by atoms with Gasteiger partial charge in [-0.2, -0.15) is 0 Å². The quantitative estimate of drug-likeness (QED) is 0.932. The van der Waals surface area contributed by atoms with Gasteiger partial charge < -0.3 is 5.73 Å². The van der Waals surface area contributed by atoms with Gasteiger partial charge in [0.1, 0.15) is 0 Å². The van der Waals surface area contributed by atoms with Crippen molar-refractivity contribution in [3.05, 3.63) is 33.7 Å². The zero-order valence-corrected chi connectivity index (χ0v) is 13.7. The summed E-state index contributed by atoms with van der Waals surface area (Å²) < 4.78 is 1.59. The number of hydrogen-bond donors (Lipinski definition) is 1. The van der Waals surface area contributed by atoms with E-state index in [4.69, 9.17) is 5.73 Å². The second-order valence-electron chi connectivity index (χ2n) is 5.64. The van der Waals surface area contributed by atoms with Crippen molar-refractivity contribution in [1.82, 2.24) is 14.3 Å². The van der Waals surface area contributed by atoms with Crippen molar-refractivity contribution >= 4 is 28.7 Å². The van der Waals surface area contributed by atoms with Crippen molar-refractivity contribution in [2.24, 2.45) is 11.7 Å². The first-order valence-electron chi connectivity index (χ1n) is 7.07. The molecule has 1 saturated heterocycles. The summed E-state index contributed by atoms with van der Waals surface area (Å²) in [5.41, 5.74) is 6.88. The van der Waals surface area contributed by atoms with E-state index in [9.17, 15) is 4.79 Å². The fourth-order valence-corrected chi connectivity index (χ4v) is 3.60. The first-order chi connectivity index (χ1) is 9.63. The van der Waals surface area contributed by atoms with Crippen LogP contribution in [0.25, 0.3) is 4.96 Å². The SMILES string of the molecule is CC(N)C1CCCN(Cc2cc(=O)n3ccsc3n2)C1.Cl. The molecule has 1 fully saturated rings. The predicted octanol–water partition coefficient (Wildman–Crippen LogP) is 1.74. The largest absolute Gasteiger partial charge is 0.328 e. The van der Waals surface area contributed by atoms with Crippen LogP contribution in [-0.4, -0.2) is 33.4 Å². The normalized spacial score (nSPS) is 21.1. The van der Waals surface area contributed by atoms with E-state index in [0.29, 0.717) is 5.92 Å². The maximum absolute atomic E-state index is 12.0. The summed E-state index contributed by atoms with van der Waals surface area (Å²) in [5, 5.41) is 1.89. The average molecular weight is 329 g/mol. The fourth-order valence-electron chi connectivity index (χ4n) is 2.86. The molecule has 3 rings (SSSR count). The summed E-state index contributed by atoms with van der Waals surface area (Å²) in [6.45, 7) is 4.89.